The van der Waals surface area contributed by atoms with E-state index in [9.17, 15) is 9.59 Å². The van der Waals surface area contributed by atoms with Crippen molar-refractivity contribution < 1.29 is 19.1 Å². The summed E-state index contributed by atoms with van der Waals surface area (Å²) in [6.07, 6.45) is 1.47. The molecule has 1 unspecified atom stereocenters. The second-order valence-corrected chi connectivity index (χ2v) is 6.99. The molecule has 2 amide bonds. The van der Waals surface area contributed by atoms with Gasteiger partial charge in [0.15, 0.2) is 11.5 Å². The Balaban J connectivity index is 1.49. The Morgan fingerprint density at radius 2 is 2.00 bits per heavy atom. The van der Waals surface area contributed by atoms with Crippen molar-refractivity contribution >= 4 is 34.5 Å². The van der Waals surface area contributed by atoms with Gasteiger partial charge in [0.1, 0.15) is 18.1 Å². The van der Waals surface area contributed by atoms with Crippen LogP contribution in [0.15, 0.2) is 29.6 Å². The lowest BCUT2D eigenvalue weighted by Gasteiger charge is -2.22. The lowest BCUT2D eigenvalue weighted by atomic mass is 10.2. The molecule has 1 aromatic heterocycles. The van der Waals surface area contributed by atoms with E-state index in [0.717, 1.165) is 12.1 Å². The van der Waals surface area contributed by atoms with E-state index in [1.807, 2.05) is 36.1 Å². The smallest absolute Gasteiger partial charge is 0.269 e. The van der Waals surface area contributed by atoms with Crippen molar-refractivity contribution in [3.63, 3.8) is 0 Å². The van der Waals surface area contributed by atoms with Gasteiger partial charge in [-0.25, -0.2) is 0 Å². The van der Waals surface area contributed by atoms with E-state index in [0.29, 0.717) is 41.7 Å². The molecule has 25 heavy (non-hydrogen) atoms. The van der Waals surface area contributed by atoms with Gasteiger partial charge < -0.3 is 19.7 Å². The van der Waals surface area contributed by atoms with Crippen LogP contribution in [0, 0.1) is 0 Å². The number of benzene rings is 1. The Morgan fingerprint density at radius 3 is 2.72 bits per heavy atom. The third-order valence-electron chi connectivity index (χ3n) is 4.40. The molecule has 1 fully saturated rings. The molecule has 0 saturated carbocycles. The van der Waals surface area contributed by atoms with Crippen LogP contribution < -0.4 is 19.7 Å². The minimum Gasteiger partial charge on any atom is -0.485 e. The molecule has 1 N–H and O–H groups in total. The Bertz CT molecular complexity index is 815. The van der Waals surface area contributed by atoms with Crippen molar-refractivity contribution in [1.29, 1.82) is 0 Å². The normalized spacial score (nSPS) is 19.2. The maximum atomic E-state index is 12.5. The summed E-state index contributed by atoms with van der Waals surface area (Å²) in [5, 5.41) is 4.65. The lowest BCUT2D eigenvalue weighted by Crippen LogP contribution is -2.30. The minimum absolute atomic E-state index is 0.145. The highest BCUT2D eigenvalue weighted by atomic mass is 32.1. The first kappa shape index (κ1) is 16.0. The first-order chi connectivity index (χ1) is 12.1. The maximum absolute atomic E-state index is 12.5. The fourth-order valence-corrected chi connectivity index (χ4v) is 3.96. The van der Waals surface area contributed by atoms with E-state index in [1.165, 1.54) is 11.3 Å². The van der Waals surface area contributed by atoms with Crippen molar-refractivity contribution in [2.24, 2.45) is 0 Å². The van der Waals surface area contributed by atoms with Gasteiger partial charge in [-0.05, 0) is 37.6 Å². The summed E-state index contributed by atoms with van der Waals surface area (Å²) >= 11 is 1.30. The summed E-state index contributed by atoms with van der Waals surface area (Å²) in [5.41, 5.74) is 1.53. The van der Waals surface area contributed by atoms with Crippen LogP contribution in [-0.2, 0) is 4.79 Å². The fraction of sp³-hybridized carbons (Fsp3) is 0.333. The molecule has 130 valence electrons. The zero-order chi connectivity index (χ0) is 17.4. The van der Waals surface area contributed by atoms with Gasteiger partial charge in [-0.15, -0.1) is 11.3 Å². The number of amides is 2. The quantitative estimate of drug-likeness (QED) is 0.914. The highest BCUT2D eigenvalue weighted by molar-refractivity contribution is 7.13. The van der Waals surface area contributed by atoms with E-state index >= 15 is 0 Å². The van der Waals surface area contributed by atoms with Gasteiger partial charge in [-0.2, -0.15) is 0 Å². The van der Waals surface area contributed by atoms with Crippen LogP contribution in [-0.4, -0.2) is 31.1 Å². The number of nitrogens with zero attached hydrogens (tertiary/aromatic N) is 1. The third-order valence-corrected chi connectivity index (χ3v) is 5.33. The zero-order valence-corrected chi connectivity index (χ0v) is 14.6. The van der Waals surface area contributed by atoms with E-state index in [-0.39, 0.29) is 17.9 Å². The third kappa shape index (κ3) is 2.95. The van der Waals surface area contributed by atoms with Gasteiger partial charge in [0.25, 0.3) is 5.91 Å². The Labute approximate surface area is 149 Å². The molecule has 4 rings (SSSR count). The highest BCUT2D eigenvalue weighted by Crippen LogP contribution is 2.39. The Morgan fingerprint density at radius 1 is 1.24 bits per heavy atom. The SMILES string of the molecule is CC1CCC(=O)N1c1ccc(NC(=O)c2scc3c2OCCO3)cc1. The van der Waals surface area contributed by atoms with Gasteiger partial charge in [-0.1, -0.05) is 0 Å². The summed E-state index contributed by atoms with van der Waals surface area (Å²) in [5.74, 6) is 1.06. The predicted molar refractivity (Wildman–Crippen MR) is 95.9 cm³/mol. The molecule has 2 aliphatic heterocycles. The summed E-state index contributed by atoms with van der Waals surface area (Å²) in [6.45, 7) is 2.99. The van der Waals surface area contributed by atoms with Crippen molar-refractivity contribution in [1.82, 2.24) is 0 Å². The molecule has 2 aliphatic rings. The average molecular weight is 358 g/mol. The van der Waals surface area contributed by atoms with Crippen LogP contribution in [0.5, 0.6) is 11.5 Å². The second-order valence-electron chi connectivity index (χ2n) is 6.11. The predicted octanol–water partition coefficient (Wildman–Crippen LogP) is 3.29. The fourth-order valence-electron chi connectivity index (χ4n) is 3.14. The maximum Gasteiger partial charge on any atom is 0.269 e. The van der Waals surface area contributed by atoms with E-state index in [4.69, 9.17) is 9.47 Å². The van der Waals surface area contributed by atoms with Gasteiger partial charge in [-0.3, -0.25) is 9.59 Å². The van der Waals surface area contributed by atoms with E-state index < -0.39 is 0 Å². The van der Waals surface area contributed by atoms with Crippen LogP contribution >= 0.6 is 11.3 Å². The van der Waals surface area contributed by atoms with Crippen molar-refractivity contribution in [2.75, 3.05) is 23.4 Å². The molecule has 3 heterocycles. The summed E-state index contributed by atoms with van der Waals surface area (Å²) in [4.78, 5) is 26.8. The number of thiophene rings is 1. The molecule has 2 aromatic rings. The number of nitrogens with one attached hydrogen (secondary N) is 1. The largest absolute Gasteiger partial charge is 0.485 e. The zero-order valence-electron chi connectivity index (χ0n) is 13.8. The Kier molecular flexibility index (Phi) is 4.09. The van der Waals surface area contributed by atoms with Crippen molar-refractivity contribution in [3.05, 3.63) is 34.5 Å². The first-order valence-corrected chi connectivity index (χ1v) is 9.12. The number of anilines is 2. The van der Waals surface area contributed by atoms with Crippen LogP contribution in [0.25, 0.3) is 0 Å². The lowest BCUT2D eigenvalue weighted by molar-refractivity contribution is -0.117. The molecule has 0 bridgehead atoms. The number of ether oxygens (including phenoxy) is 2. The molecule has 0 radical (unpaired) electrons. The summed E-state index contributed by atoms with van der Waals surface area (Å²) < 4.78 is 11.0. The Hall–Kier alpha value is -2.54. The van der Waals surface area contributed by atoms with E-state index in [2.05, 4.69) is 5.32 Å². The molecular formula is C18H18N2O4S. The second kappa shape index (κ2) is 6.40. The number of carbonyl (C=O) groups is 2. The molecule has 0 aliphatic carbocycles. The van der Waals surface area contributed by atoms with Crippen LogP contribution in [0.2, 0.25) is 0 Å². The van der Waals surface area contributed by atoms with Gasteiger partial charge in [0.2, 0.25) is 5.91 Å². The number of hydrogen-bond donors (Lipinski definition) is 1. The van der Waals surface area contributed by atoms with Crippen molar-refractivity contribution in [3.8, 4) is 11.5 Å². The molecule has 6 nitrogen and oxygen atoms in total. The monoisotopic (exact) mass is 358 g/mol. The number of hydrogen-bond acceptors (Lipinski definition) is 5. The van der Waals surface area contributed by atoms with Crippen LogP contribution in [0.4, 0.5) is 11.4 Å². The van der Waals surface area contributed by atoms with E-state index in [1.54, 1.807) is 5.38 Å². The minimum atomic E-state index is -0.227. The highest BCUT2D eigenvalue weighted by Gasteiger charge is 2.28. The van der Waals surface area contributed by atoms with Gasteiger partial charge in [0.05, 0.1) is 0 Å². The molecule has 1 aromatic carbocycles. The summed E-state index contributed by atoms with van der Waals surface area (Å²) in [6, 6.07) is 7.55. The van der Waals surface area contributed by atoms with Gasteiger partial charge in [0, 0.05) is 29.2 Å². The summed E-state index contributed by atoms with van der Waals surface area (Å²) in [7, 11) is 0. The topological polar surface area (TPSA) is 67.9 Å². The number of carbonyl (C=O) groups excluding carboxylic acids is 2. The molecule has 1 atom stereocenters. The van der Waals surface area contributed by atoms with Crippen molar-refractivity contribution in [2.45, 2.75) is 25.8 Å². The van der Waals surface area contributed by atoms with Crippen LogP contribution in [0.3, 0.4) is 0 Å². The molecule has 1 saturated heterocycles. The molecule has 0 spiro atoms. The average Bonchev–Trinajstić information content (AvgIpc) is 3.19. The van der Waals surface area contributed by atoms with Gasteiger partial charge >= 0.3 is 0 Å². The van der Waals surface area contributed by atoms with Crippen LogP contribution in [0.1, 0.15) is 29.4 Å². The first-order valence-electron chi connectivity index (χ1n) is 8.24. The number of fused-ring (bicyclic) bond motifs is 1. The molecule has 7 heteroatoms. The number of rotatable bonds is 3. The standard InChI is InChI=1S/C18H18N2O4S/c1-11-2-7-15(21)20(11)13-5-3-12(4-6-13)19-18(22)17-16-14(10-25-17)23-8-9-24-16/h3-6,10-11H,2,7-9H2,1H3,(H,19,22). The molecular weight excluding hydrogens is 340 g/mol.